The van der Waals surface area contributed by atoms with Crippen molar-refractivity contribution in [2.24, 2.45) is 0 Å². The fraction of sp³-hybridized carbons (Fsp3) is 0.688. The molecule has 23 heavy (non-hydrogen) atoms. The molecule has 0 radical (unpaired) electrons. The van der Waals surface area contributed by atoms with Gasteiger partial charge >= 0.3 is 0 Å². The number of aromatic nitrogens is 3. The van der Waals surface area contributed by atoms with Crippen LogP contribution in [0, 0.1) is 0 Å². The maximum Gasteiger partial charge on any atom is 0.206 e. The first-order chi connectivity index (χ1) is 11.4. The molecular weight excluding hydrogens is 328 g/mol. The second-order valence-corrected chi connectivity index (χ2v) is 8.58. The lowest BCUT2D eigenvalue weighted by molar-refractivity contribution is 0.369. The van der Waals surface area contributed by atoms with Crippen molar-refractivity contribution in [1.29, 1.82) is 0 Å². The van der Waals surface area contributed by atoms with Crippen molar-refractivity contribution in [3.8, 4) is 0 Å². The summed E-state index contributed by atoms with van der Waals surface area (Å²) in [5, 5.41) is 17.4. The van der Waals surface area contributed by atoms with Crippen LogP contribution in [0.1, 0.15) is 62.0 Å². The molecule has 0 unspecified atom stereocenters. The van der Waals surface area contributed by atoms with E-state index >= 15 is 0 Å². The van der Waals surface area contributed by atoms with E-state index in [0.29, 0.717) is 6.04 Å². The molecular formula is C16H22N4OS2. The summed E-state index contributed by atoms with van der Waals surface area (Å²) in [6.07, 6.45) is 11.2. The summed E-state index contributed by atoms with van der Waals surface area (Å²) in [7, 11) is 0. The molecule has 2 aliphatic carbocycles. The van der Waals surface area contributed by atoms with Gasteiger partial charge < -0.3 is 9.84 Å². The Morgan fingerprint density at radius 1 is 1.09 bits per heavy atom. The van der Waals surface area contributed by atoms with E-state index in [-0.39, 0.29) is 0 Å². The third kappa shape index (κ3) is 3.71. The van der Waals surface area contributed by atoms with Gasteiger partial charge in [-0.1, -0.05) is 47.5 Å². The Bertz CT molecular complexity index is 648. The van der Waals surface area contributed by atoms with E-state index in [9.17, 15) is 0 Å². The van der Waals surface area contributed by atoms with Gasteiger partial charge in [-0.05, 0) is 32.1 Å². The lowest BCUT2D eigenvalue weighted by Gasteiger charge is -2.21. The highest BCUT2D eigenvalue weighted by Crippen LogP contribution is 2.32. The summed E-state index contributed by atoms with van der Waals surface area (Å²) < 4.78 is 6.48. The monoisotopic (exact) mass is 350 g/mol. The molecule has 2 aromatic heterocycles. The number of nitrogens with zero attached hydrogens (tertiary/aromatic N) is 3. The third-order valence-electron chi connectivity index (χ3n) is 4.70. The summed E-state index contributed by atoms with van der Waals surface area (Å²) in [5.41, 5.74) is 2.44. The van der Waals surface area contributed by atoms with E-state index in [1.807, 2.05) is 0 Å². The van der Waals surface area contributed by atoms with Crippen LogP contribution in [0.4, 0.5) is 5.13 Å². The van der Waals surface area contributed by atoms with Crippen molar-refractivity contribution in [2.75, 3.05) is 5.32 Å². The Hall–Kier alpha value is -1.08. The van der Waals surface area contributed by atoms with Gasteiger partial charge in [0.2, 0.25) is 5.13 Å². The third-order valence-corrected chi connectivity index (χ3v) is 6.70. The van der Waals surface area contributed by atoms with E-state index in [1.54, 1.807) is 23.1 Å². The van der Waals surface area contributed by atoms with Crippen LogP contribution in [0.15, 0.2) is 8.86 Å². The van der Waals surface area contributed by atoms with Crippen LogP contribution < -0.4 is 5.32 Å². The van der Waals surface area contributed by atoms with Gasteiger partial charge in [0.25, 0.3) is 0 Å². The predicted octanol–water partition coefficient (Wildman–Crippen LogP) is 4.44. The van der Waals surface area contributed by atoms with Crippen molar-refractivity contribution >= 4 is 28.2 Å². The molecule has 0 saturated heterocycles. The molecule has 2 aromatic rings. The van der Waals surface area contributed by atoms with Crippen LogP contribution in [0.2, 0.25) is 0 Å². The first kappa shape index (κ1) is 15.4. The molecule has 7 heteroatoms. The van der Waals surface area contributed by atoms with E-state index in [4.69, 9.17) is 4.52 Å². The zero-order chi connectivity index (χ0) is 15.5. The lowest BCUT2D eigenvalue weighted by atomic mass is 9.96. The van der Waals surface area contributed by atoms with Gasteiger partial charge in [-0.15, -0.1) is 10.2 Å². The quantitative estimate of drug-likeness (QED) is 0.804. The number of rotatable bonds is 5. The maximum atomic E-state index is 5.47. The molecule has 0 amide bonds. The first-order valence-electron chi connectivity index (χ1n) is 8.57. The second kappa shape index (κ2) is 7.21. The van der Waals surface area contributed by atoms with Gasteiger partial charge in [-0.2, -0.15) is 0 Å². The maximum absolute atomic E-state index is 5.47. The van der Waals surface area contributed by atoms with Crippen LogP contribution in [-0.2, 0) is 18.6 Å². The van der Waals surface area contributed by atoms with Crippen LogP contribution in [-0.4, -0.2) is 21.4 Å². The van der Waals surface area contributed by atoms with Gasteiger partial charge in [0.1, 0.15) is 5.76 Å². The number of hydrogen-bond donors (Lipinski definition) is 1. The number of fused-ring (bicyclic) bond motifs is 1. The molecule has 2 aliphatic rings. The number of anilines is 1. The molecule has 0 bridgehead atoms. The molecule has 1 N–H and O–H groups in total. The van der Waals surface area contributed by atoms with Crippen molar-refractivity contribution in [3.63, 3.8) is 0 Å². The second-order valence-electron chi connectivity index (χ2n) is 6.38. The van der Waals surface area contributed by atoms with Gasteiger partial charge in [-0.3, -0.25) is 0 Å². The van der Waals surface area contributed by atoms with Crippen molar-refractivity contribution in [3.05, 3.63) is 17.0 Å². The SMILES string of the molecule is C1CCC(Nc2nnc(SCc3noc4c3CCCC4)s2)CC1. The van der Waals surface area contributed by atoms with Gasteiger partial charge in [0, 0.05) is 23.8 Å². The normalized spacial score (nSPS) is 18.8. The Labute approximate surface area is 144 Å². The summed E-state index contributed by atoms with van der Waals surface area (Å²) in [5.74, 6) is 1.93. The van der Waals surface area contributed by atoms with Crippen LogP contribution in [0.3, 0.4) is 0 Å². The fourth-order valence-electron chi connectivity index (χ4n) is 3.44. The number of hydrogen-bond acceptors (Lipinski definition) is 7. The number of nitrogens with one attached hydrogen (secondary N) is 1. The molecule has 5 nitrogen and oxygen atoms in total. The molecule has 124 valence electrons. The minimum atomic E-state index is 0.581. The average molecular weight is 351 g/mol. The standard InChI is InChI=1S/C16H22N4OS2/c1-2-6-11(7-3-1)17-15-18-19-16(23-15)22-10-13-12-8-4-5-9-14(12)21-20-13/h11H,1-10H2,(H,17,18). The number of thioether (sulfide) groups is 1. The van der Waals surface area contributed by atoms with Crippen LogP contribution in [0.25, 0.3) is 0 Å². The summed E-state index contributed by atoms with van der Waals surface area (Å²) in [4.78, 5) is 0. The summed E-state index contributed by atoms with van der Waals surface area (Å²) in [6.45, 7) is 0. The highest BCUT2D eigenvalue weighted by atomic mass is 32.2. The molecule has 1 fully saturated rings. The average Bonchev–Trinajstić information content (AvgIpc) is 3.21. The van der Waals surface area contributed by atoms with E-state index < -0.39 is 0 Å². The smallest absolute Gasteiger partial charge is 0.206 e. The molecule has 0 aromatic carbocycles. The van der Waals surface area contributed by atoms with E-state index in [0.717, 1.165) is 39.5 Å². The van der Waals surface area contributed by atoms with Gasteiger partial charge in [-0.25, -0.2) is 0 Å². The minimum Gasteiger partial charge on any atom is -0.361 e. The summed E-state index contributed by atoms with van der Waals surface area (Å²) >= 11 is 3.37. The molecule has 1 saturated carbocycles. The van der Waals surface area contributed by atoms with Crippen LogP contribution >= 0.6 is 23.1 Å². The molecule has 0 aliphatic heterocycles. The largest absolute Gasteiger partial charge is 0.361 e. The zero-order valence-electron chi connectivity index (χ0n) is 13.2. The summed E-state index contributed by atoms with van der Waals surface area (Å²) in [6, 6.07) is 0.581. The Morgan fingerprint density at radius 2 is 1.96 bits per heavy atom. The van der Waals surface area contributed by atoms with Crippen molar-refractivity contribution in [1.82, 2.24) is 15.4 Å². The number of aryl methyl sites for hydroxylation is 1. The van der Waals surface area contributed by atoms with E-state index in [2.05, 4.69) is 20.7 Å². The zero-order valence-corrected chi connectivity index (χ0v) is 14.8. The van der Waals surface area contributed by atoms with Crippen molar-refractivity contribution < 1.29 is 4.52 Å². The van der Waals surface area contributed by atoms with Gasteiger partial charge in [0.05, 0.1) is 5.69 Å². The van der Waals surface area contributed by atoms with Crippen LogP contribution in [0.5, 0.6) is 0 Å². The topological polar surface area (TPSA) is 63.8 Å². The highest BCUT2D eigenvalue weighted by Gasteiger charge is 2.20. The molecule has 4 rings (SSSR count). The minimum absolute atomic E-state index is 0.581. The Morgan fingerprint density at radius 3 is 2.87 bits per heavy atom. The highest BCUT2D eigenvalue weighted by molar-refractivity contribution is 8.00. The Balaban J connectivity index is 1.33. The molecule has 0 spiro atoms. The lowest BCUT2D eigenvalue weighted by Crippen LogP contribution is -2.21. The van der Waals surface area contributed by atoms with Gasteiger partial charge in [0.15, 0.2) is 4.34 Å². The predicted molar refractivity (Wildman–Crippen MR) is 93.1 cm³/mol. The Kier molecular flexibility index (Phi) is 4.85. The van der Waals surface area contributed by atoms with Crippen molar-refractivity contribution in [2.45, 2.75) is 73.9 Å². The fourth-order valence-corrected chi connectivity index (χ4v) is 5.23. The molecule has 2 heterocycles. The molecule has 0 atom stereocenters. The first-order valence-corrected chi connectivity index (χ1v) is 10.4. The van der Waals surface area contributed by atoms with E-state index in [1.165, 1.54) is 50.5 Å².